The summed E-state index contributed by atoms with van der Waals surface area (Å²) in [4.78, 5) is 0. The monoisotopic (exact) mass is 189 g/mol. The van der Waals surface area contributed by atoms with Crippen molar-refractivity contribution in [2.24, 2.45) is 0 Å². The highest BCUT2D eigenvalue weighted by molar-refractivity contribution is 6.36. The van der Waals surface area contributed by atoms with Crippen LogP contribution in [0.3, 0.4) is 0 Å². The van der Waals surface area contributed by atoms with Crippen molar-refractivity contribution in [2.75, 3.05) is 0 Å². The van der Waals surface area contributed by atoms with Gasteiger partial charge in [-0.2, -0.15) is 5.26 Å². The molecule has 0 bridgehead atoms. The summed E-state index contributed by atoms with van der Waals surface area (Å²) in [6, 6.07) is 9.19. The van der Waals surface area contributed by atoms with Gasteiger partial charge in [0.2, 0.25) is 0 Å². The first kappa shape index (κ1) is 7.96. The van der Waals surface area contributed by atoms with Gasteiger partial charge in [0.25, 0.3) is 0 Å². The van der Waals surface area contributed by atoms with Crippen LogP contribution in [0.4, 0.5) is 0 Å². The van der Waals surface area contributed by atoms with Crippen molar-refractivity contribution in [1.82, 2.24) is 10.2 Å². The smallest absolute Gasteiger partial charge is 0.182 e. The summed E-state index contributed by atoms with van der Waals surface area (Å²) in [5.74, 6) is 0. The minimum Gasteiger partial charge on any atom is -0.191 e. The van der Waals surface area contributed by atoms with Gasteiger partial charge in [0.1, 0.15) is 6.07 Å². The molecule has 1 aromatic carbocycles. The Kier molecular flexibility index (Phi) is 1.84. The predicted octanol–water partition coefficient (Wildman–Crippen LogP) is 2.15. The van der Waals surface area contributed by atoms with Gasteiger partial charge in [-0.05, 0) is 6.07 Å². The third-order valence-electron chi connectivity index (χ3n) is 1.71. The number of aromatic nitrogens is 2. The van der Waals surface area contributed by atoms with E-state index in [4.69, 9.17) is 16.9 Å². The molecule has 62 valence electrons. The molecular weight excluding hydrogens is 186 g/mol. The molecule has 3 nitrogen and oxygen atoms in total. The number of rotatable bonds is 0. The third kappa shape index (κ3) is 1.21. The molecule has 0 radical (unpaired) electrons. The van der Waals surface area contributed by atoms with Crippen LogP contribution in [-0.2, 0) is 0 Å². The molecule has 0 unspecified atom stereocenters. The first-order valence-corrected chi connectivity index (χ1v) is 4.02. The maximum Gasteiger partial charge on any atom is 0.182 e. The summed E-state index contributed by atoms with van der Waals surface area (Å²) in [6.45, 7) is 0. The highest BCUT2D eigenvalue weighted by Gasteiger charge is 2.06. The normalized spacial score (nSPS) is 9.85. The number of nitrogens with zero attached hydrogens (tertiary/aromatic N) is 3. The fourth-order valence-electron chi connectivity index (χ4n) is 1.09. The van der Waals surface area contributed by atoms with Crippen LogP contribution >= 0.6 is 11.6 Å². The summed E-state index contributed by atoms with van der Waals surface area (Å²) in [7, 11) is 0. The molecule has 0 aliphatic rings. The van der Waals surface area contributed by atoms with Gasteiger partial charge >= 0.3 is 0 Å². The second-order valence-corrected chi connectivity index (χ2v) is 2.87. The number of hydrogen-bond donors (Lipinski definition) is 0. The highest BCUT2D eigenvalue weighted by atomic mass is 35.5. The molecule has 0 spiro atoms. The van der Waals surface area contributed by atoms with Crippen LogP contribution in [0.15, 0.2) is 24.3 Å². The Morgan fingerprint density at radius 1 is 1.23 bits per heavy atom. The van der Waals surface area contributed by atoms with E-state index in [2.05, 4.69) is 10.2 Å². The first-order valence-electron chi connectivity index (χ1n) is 3.64. The zero-order valence-corrected chi connectivity index (χ0v) is 7.28. The van der Waals surface area contributed by atoms with E-state index in [1.807, 2.05) is 24.3 Å². The molecule has 0 N–H and O–H groups in total. The van der Waals surface area contributed by atoms with Crippen LogP contribution in [0.25, 0.3) is 10.9 Å². The molecule has 2 aromatic rings. The van der Waals surface area contributed by atoms with Crippen molar-refractivity contribution in [3.8, 4) is 6.07 Å². The Morgan fingerprint density at radius 2 is 2.00 bits per heavy atom. The van der Waals surface area contributed by atoms with Gasteiger partial charge in [-0.3, -0.25) is 0 Å². The minimum absolute atomic E-state index is 0.167. The van der Waals surface area contributed by atoms with E-state index in [9.17, 15) is 0 Å². The van der Waals surface area contributed by atoms with Crippen molar-refractivity contribution in [2.45, 2.75) is 0 Å². The van der Waals surface area contributed by atoms with E-state index in [0.717, 1.165) is 5.39 Å². The molecule has 0 aliphatic carbocycles. The van der Waals surface area contributed by atoms with E-state index >= 15 is 0 Å². The number of hydrogen-bond acceptors (Lipinski definition) is 3. The Bertz CT molecular complexity index is 502. The third-order valence-corrected chi connectivity index (χ3v) is 2.09. The molecule has 0 saturated heterocycles. The molecule has 0 amide bonds. The van der Waals surface area contributed by atoms with Gasteiger partial charge in [-0.25, -0.2) is 0 Å². The van der Waals surface area contributed by atoms with Gasteiger partial charge in [-0.15, -0.1) is 10.2 Å². The Balaban J connectivity index is 2.89. The highest BCUT2D eigenvalue weighted by Crippen LogP contribution is 2.22. The lowest BCUT2D eigenvalue weighted by Crippen LogP contribution is -1.90. The topological polar surface area (TPSA) is 49.6 Å². The van der Waals surface area contributed by atoms with Crippen LogP contribution < -0.4 is 0 Å². The van der Waals surface area contributed by atoms with E-state index in [0.29, 0.717) is 10.5 Å². The number of halogens is 1. The summed E-state index contributed by atoms with van der Waals surface area (Å²) in [5.41, 5.74) is 0.867. The molecule has 4 heteroatoms. The molecule has 0 aliphatic heterocycles. The van der Waals surface area contributed by atoms with E-state index in [1.165, 1.54) is 0 Å². The van der Waals surface area contributed by atoms with Gasteiger partial charge in [0.05, 0.1) is 10.5 Å². The lowest BCUT2D eigenvalue weighted by atomic mass is 10.2. The van der Waals surface area contributed by atoms with Crippen LogP contribution in [0.2, 0.25) is 5.02 Å². The Morgan fingerprint density at radius 3 is 2.77 bits per heavy atom. The molecule has 2 rings (SSSR count). The average Bonchev–Trinajstić information content (AvgIpc) is 2.19. The van der Waals surface area contributed by atoms with E-state index < -0.39 is 0 Å². The van der Waals surface area contributed by atoms with Crippen molar-refractivity contribution < 1.29 is 0 Å². The maximum atomic E-state index is 8.64. The quantitative estimate of drug-likeness (QED) is 0.638. The number of benzene rings is 1. The Labute approximate surface area is 79.6 Å². The van der Waals surface area contributed by atoms with E-state index in [-0.39, 0.29) is 5.69 Å². The van der Waals surface area contributed by atoms with Gasteiger partial charge < -0.3 is 0 Å². The van der Waals surface area contributed by atoms with Gasteiger partial charge in [0, 0.05) is 5.39 Å². The van der Waals surface area contributed by atoms with Crippen LogP contribution in [-0.4, -0.2) is 10.2 Å². The molecular formula is C9H4ClN3. The minimum atomic E-state index is 0.167. The second kappa shape index (κ2) is 3.00. The predicted molar refractivity (Wildman–Crippen MR) is 49.3 cm³/mol. The zero-order chi connectivity index (χ0) is 9.26. The number of nitriles is 1. The van der Waals surface area contributed by atoms with Crippen LogP contribution in [0, 0.1) is 11.3 Å². The first-order chi connectivity index (χ1) is 6.33. The molecule has 13 heavy (non-hydrogen) atoms. The molecule has 1 aromatic heterocycles. The van der Waals surface area contributed by atoms with E-state index in [1.54, 1.807) is 6.07 Å². The largest absolute Gasteiger partial charge is 0.191 e. The zero-order valence-electron chi connectivity index (χ0n) is 6.53. The maximum absolute atomic E-state index is 8.64. The fourth-order valence-corrected chi connectivity index (χ4v) is 1.33. The van der Waals surface area contributed by atoms with Crippen LogP contribution in [0.1, 0.15) is 5.69 Å². The van der Waals surface area contributed by atoms with Crippen molar-refractivity contribution >= 4 is 22.5 Å². The lowest BCUT2D eigenvalue weighted by molar-refractivity contribution is 1.05. The van der Waals surface area contributed by atoms with Crippen molar-refractivity contribution in [3.05, 3.63) is 35.0 Å². The molecule has 1 heterocycles. The van der Waals surface area contributed by atoms with Crippen LogP contribution in [0.5, 0.6) is 0 Å². The average molecular weight is 190 g/mol. The lowest BCUT2D eigenvalue weighted by Gasteiger charge is -1.98. The van der Waals surface area contributed by atoms with Gasteiger partial charge in [0.15, 0.2) is 5.69 Å². The molecule has 0 atom stereocenters. The standard InChI is InChI=1S/C9H4ClN3/c10-9-6-3-1-2-4-7(6)12-13-8(9)5-11/h1-4H. The fraction of sp³-hybridized carbons (Fsp3) is 0. The summed E-state index contributed by atoms with van der Waals surface area (Å²) in [5, 5.41) is 17.3. The number of fused-ring (bicyclic) bond motifs is 1. The van der Waals surface area contributed by atoms with Gasteiger partial charge in [-0.1, -0.05) is 29.8 Å². The Hall–Kier alpha value is -1.66. The second-order valence-electron chi connectivity index (χ2n) is 2.49. The molecule has 0 fully saturated rings. The summed E-state index contributed by atoms with van der Waals surface area (Å²) in [6.07, 6.45) is 0. The summed E-state index contributed by atoms with van der Waals surface area (Å²) >= 11 is 5.92. The summed E-state index contributed by atoms with van der Waals surface area (Å²) < 4.78 is 0. The van der Waals surface area contributed by atoms with Crippen molar-refractivity contribution in [3.63, 3.8) is 0 Å². The SMILES string of the molecule is N#Cc1nnc2ccccc2c1Cl. The van der Waals surface area contributed by atoms with Crippen molar-refractivity contribution in [1.29, 1.82) is 5.26 Å². The molecule has 0 saturated carbocycles.